The summed E-state index contributed by atoms with van der Waals surface area (Å²) in [6.07, 6.45) is 3.95. The first kappa shape index (κ1) is 17.2. The van der Waals surface area contributed by atoms with Gasteiger partial charge in [-0.05, 0) is 30.6 Å². The third-order valence-electron chi connectivity index (χ3n) is 3.48. The van der Waals surface area contributed by atoms with Crippen LogP contribution in [0.3, 0.4) is 0 Å². The van der Waals surface area contributed by atoms with Crippen LogP contribution in [-0.4, -0.2) is 5.66 Å². The molecule has 1 atom stereocenters. The SMILES string of the molecule is CCCCC(C)P(c1ccccc1)c1ccccc1.Cl. The van der Waals surface area contributed by atoms with E-state index in [1.807, 2.05) is 0 Å². The van der Waals surface area contributed by atoms with Gasteiger partial charge in [0.25, 0.3) is 0 Å². The van der Waals surface area contributed by atoms with Crippen LogP contribution < -0.4 is 10.6 Å². The van der Waals surface area contributed by atoms with E-state index >= 15 is 0 Å². The summed E-state index contributed by atoms with van der Waals surface area (Å²) < 4.78 is 0. The molecule has 0 fully saturated rings. The number of hydrogen-bond donors (Lipinski definition) is 0. The van der Waals surface area contributed by atoms with Crippen molar-refractivity contribution in [3.63, 3.8) is 0 Å². The molecular weight excluding hydrogens is 283 g/mol. The molecule has 0 amide bonds. The maximum Gasteiger partial charge on any atom is -0.0157 e. The zero-order chi connectivity index (χ0) is 13.5. The Bertz CT molecular complexity index is 430. The first-order chi connectivity index (χ1) is 9.33. The minimum Gasteiger partial charge on any atom is -0.147 e. The molecule has 0 saturated carbocycles. The monoisotopic (exact) mass is 306 g/mol. The molecule has 0 aliphatic carbocycles. The van der Waals surface area contributed by atoms with Crippen molar-refractivity contribution in [1.82, 2.24) is 0 Å². The van der Waals surface area contributed by atoms with Gasteiger partial charge in [-0.3, -0.25) is 0 Å². The van der Waals surface area contributed by atoms with Crippen LogP contribution >= 0.6 is 20.3 Å². The zero-order valence-corrected chi connectivity index (χ0v) is 14.0. The second kappa shape index (κ2) is 9.16. The lowest BCUT2D eigenvalue weighted by molar-refractivity contribution is 0.710. The van der Waals surface area contributed by atoms with Crippen molar-refractivity contribution < 1.29 is 0 Å². The van der Waals surface area contributed by atoms with E-state index in [-0.39, 0.29) is 20.3 Å². The van der Waals surface area contributed by atoms with E-state index in [0.717, 1.165) is 5.66 Å². The topological polar surface area (TPSA) is 0 Å². The summed E-state index contributed by atoms with van der Waals surface area (Å²) in [6, 6.07) is 22.1. The fourth-order valence-corrected chi connectivity index (χ4v) is 5.21. The Morgan fingerprint density at radius 3 is 1.70 bits per heavy atom. The van der Waals surface area contributed by atoms with Crippen LogP contribution in [0.5, 0.6) is 0 Å². The average Bonchev–Trinajstić information content (AvgIpc) is 2.47. The van der Waals surface area contributed by atoms with Gasteiger partial charge in [0.15, 0.2) is 0 Å². The molecule has 0 saturated heterocycles. The Kier molecular flexibility index (Phi) is 7.88. The van der Waals surface area contributed by atoms with E-state index in [4.69, 9.17) is 0 Å². The lowest BCUT2D eigenvalue weighted by Crippen LogP contribution is -2.19. The second-order valence-corrected chi connectivity index (χ2v) is 7.69. The molecule has 0 aliphatic heterocycles. The highest BCUT2D eigenvalue weighted by Crippen LogP contribution is 2.41. The number of benzene rings is 2. The number of unbranched alkanes of at least 4 members (excludes halogenated alkanes) is 1. The van der Waals surface area contributed by atoms with Gasteiger partial charge in [-0.1, -0.05) is 87.4 Å². The van der Waals surface area contributed by atoms with Crippen LogP contribution in [0, 0.1) is 0 Å². The highest BCUT2D eigenvalue weighted by molar-refractivity contribution is 7.73. The van der Waals surface area contributed by atoms with Gasteiger partial charge in [0, 0.05) is 0 Å². The molecule has 20 heavy (non-hydrogen) atoms. The molecule has 0 nitrogen and oxygen atoms in total. The quantitative estimate of drug-likeness (QED) is 0.650. The van der Waals surface area contributed by atoms with E-state index in [1.54, 1.807) is 0 Å². The van der Waals surface area contributed by atoms with Gasteiger partial charge in [0.1, 0.15) is 0 Å². The first-order valence-electron chi connectivity index (χ1n) is 7.22. The summed E-state index contributed by atoms with van der Waals surface area (Å²) in [4.78, 5) is 0. The fraction of sp³-hybridized carbons (Fsp3) is 0.333. The summed E-state index contributed by atoms with van der Waals surface area (Å²) in [5.41, 5.74) is 0.750. The number of rotatable bonds is 6. The largest absolute Gasteiger partial charge is 0.147 e. The molecule has 0 spiro atoms. The molecule has 2 aromatic carbocycles. The Morgan fingerprint density at radius 2 is 1.30 bits per heavy atom. The van der Waals surface area contributed by atoms with Gasteiger partial charge in [-0.25, -0.2) is 0 Å². The molecule has 2 heteroatoms. The van der Waals surface area contributed by atoms with Crippen LogP contribution in [0.1, 0.15) is 33.1 Å². The fourth-order valence-electron chi connectivity index (χ4n) is 2.46. The van der Waals surface area contributed by atoms with Crippen LogP contribution in [0.2, 0.25) is 0 Å². The smallest absolute Gasteiger partial charge is 0.0157 e. The molecule has 2 rings (SSSR count). The van der Waals surface area contributed by atoms with Crippen molar-refractivity contribution in [2.75, 3.05) is 0 Å². The standard InChI is InChI=1S/C18H23P.ClH/c1-3-4-11-16(2)19(17-12-7-5-8-13-17)18-14-9-6-10-15-18;/h5-10,12-16H,3-4,11H2,1-2H3;1H. The van der Waals surface area contributed by atoms with Crippen LogP contribution in [0.15, 0.2) is 60.7 Å². The molecule has 0 bridgehead atoms. The normalized spacial score (nSPS) is 11.9. The van der Waals surface area contributed by atoms with Crippen molar-refractivity contribution in [2.24, 2.45) is 0 Å². The van der Waals surface area contributed by atoms with E-state index in [9.17, 15) is 0 Å². The van der Waals surface area contributed by atoms with E-state index in [0.29, 0.717) is 0 Å². The van der Waals surface area contributed by atoms with Crippen molar-refractivity contribution in [1.29, 1.82) is 0 Å². The van der Waals surface area contributed by atoms with Crippen LogP contribution in [0.25, 0.3) is 0 Å². The van der Waals surface area contributed by atoms with Gasteiger partial charge in [-0.15, -0.1) is 12.4 Å². The lowest BCUT2D eigenvalue weighted by Gasteiger charge is -2.25. The highest BCUT2D eigenvalue weighted by Gasteiger charge is 2.19. The highest BCUT2D eigenvalue weighted by atomic mass is 35.5. The van der Waals surface area contributed by atoms with Crippen molar-refractivity contribution >= 4 is 30.9 Å². The number of halogens is 1. The Balaban J connectivity index is 0.00000200. The van der Waals surface area contributed by atoms with Gasteiger partial charge >= 0.3 is 0 Å². The zero-order valence-electron chi connectivity index (χ0n) is 12.3. The molecule has 0 aromatic heterocycles. The predicted octanol–water partition coefficient (Wildman–Crippen LogP) is 5.12. The Morgan fingerprint density at radius 1 is 0.850 bits per heavy atom. The van der Waals surface area contributed by atoms with Crippen molar-refractivity contribution in [3.05, 3.63) is 60.7 Å². The molecule has 0 N–H and O–H groups in total. The molecule has 0 aliphatic rings. The molecular formula is C18H24ClP. The second-order valence-electron chi connectivity index (χ2n) is 5.03. The molecule has 0 radical (unpaired) electrons. The Labute approximate surface area is 130 Å². The third-order valence-corrected chi connectivity index (χ3v) is 6.33. The molecule has 1 unspecified atom stereocenters. The lowest BCUT2D eigenvalue weighted by atomic mass is 10.2. The maximum atomic E-state index is 2.42. The van der Waals surface area contributed by atoms with Crippen LogP contribution in [-0.2, 0) is 0 Å². The predicted molar refractivity (Wildman–Crippen MR) is 95.3 cm³/mol. The molecule has 2 aromatic rings. The average molecular weight is 307 g/mol. The summed E-state index contributed by atoms with van der Waals surface area (Å²) in [5.74, 6) is 0. The number of hydrogen-bond acceptors (Lipinski definition) is 0. The third kappa shape index (κ3) is 4.62. The van der Waals surface area contributed by atoms with Gasteiger partial charge in [0.2, 0.25) is 0 Å². The van der Waals surface area contributed by atoms with Crippen molar-refractivity contribution in [2.45, 2.75) is 38.8 Å². The van der Waals surface area contributed by atoms with E-state index in [2.05, 4.69) is 74.5 Å². The summed E-state index contributed by atoms with van der Waals surface area (Å²) in [5, 5.41) is 3.01. The summed E-state index contributed by atoms with van der Waals surface area (Å²) in [7, 11) is -0.224. The van der Waals surface area contributed by atoms with E-state index in [1.165, 1.54) is 29.9 Å². The Hall–Kier alpha value is -0.840. The maximum absolute atomic E-state index is 2.42. The summed E-state index contributed by atoms with van der Waals surface area (Å²) >= 11 is 0. The van der Waals surface area contributed by atoms with Gasteiger partial charge < -0.3 is 0 Å². The van der Waals surface area contributed by atoms with Gasteiger partial charge in [-0.2, -0.15) is 0 Å². The first-order valence-corrected chi connectivity index (χ1v) is 8.63. The minimum absolute atomic E-state index is 0. The van der Waals surface area contributed by atoms with Gasteiger partial charge in [0.05, 0.1) is 0 Å². The summed E-state index contributed by atoms with van der Waals surface area (Å²) in [6.45, 7) is 4.70. The van der Waals surface area contributed by atoms with Crippen LogP contribution in [0.4, 0.5) is 0 Å². The molecule has 108 valence electrons. The van der Waals surface area contributed by atoms with E-state index < -0.39 is 0 Å². The minimum atomic E-state index is -0.224. The van der Waals surface area contributed by atoms with Crippen molar-refractivity contribution in [3.8, 4) is 0 Å². The molecule has 0 heterocycles.